The second kappa shape index (κ2) is 8.29. The predicted octanol–water partition coefficient (Wildman–Crippen LogP) is 2.64. The molecule has 0 radical (unpaired) electrons. The van der Waals surface area contributed by atoms with Gasteiger partial charge in [0.1, 0.15) is 0 Å². The maximum absolute atomic E-state index is 11.9. The number of carbonyl (C=O) groups is 2. The third-order valence-corrected chi connectivity index (χ3v) is 3.40. The molecule has 1 unspecified atom stereocenters. The fraction of sp³-hybridized carbons (Fsp3) is 0.500. The molecule has 1 atom stereocenters. The van der Waals surface area contributed by atoms with Crippen LogP contribution in [0.15, 0.2) is 24.3 Å². The third kappa shape index (κ3) is 6.29. The van der Waals surface area contributed by atoms with Gasteiger partial charge in [-0.1, -0.05) is 36.8 Å². The molecule has 2 amide bonds. The van der Waals surface area contributed by atoms with Crippen molar-refractivity contribution in [3.63, 3.8) is 0 Å². The fourth-order valence-electron chi connectivity index (χ4n) is 1.90. The molecule has 0 aliphatic rings. The zero-order chi connectivity index (χ0) is 15.8. The Morgan fingerprint density at radius 2 is 1.90 bits per heavy atom. The van der Waals surface area contributed by atoms with Crippen LogP contribution in [0.4, 0.5) is 4.79 Å². The molecule has 0 saturated heterocycles. The topological polar surface area (TPSA) is 69.6 Å². The van der Waals surface area contributed by atoms with Crippen LogP contribution in [0.2, 0.25) is 0 Å². The van der Waals surface area contributed by atoms with Crippen molar-refractivity contribution >= 4 is 12.0 Å². The summed E-state index contributed by atoms with van der Waals surface area (Å²) in [4.78, 5) is 24.2. The van der Waals surface area contributed by atoms with Crippen LogP contribution in [-0.2, 0) is 11.3 Å². The van der Waals surface area contributed by atoms with Crippen LogP contribution in [0.5, 0.6) is 0 Å². The quantitative estimate of drug-likeness (QED) is 0.759. The number of rotatable bonds is 7. The van der Waals surface area contributed by atoms with E-state index in [4.69, 9.17) is 5.11 Å². The first-order valence-corrected chi connectivity index (χ1v) is 7.17. The van der Waals surface area contributed by atoms with Gasteiger partial charge in [-0.15, -0.1) is 0 Å². The van der Waals surface area contributed by atoms with Crippen LogP contribution < -0.4 is 5.32 Å². The Bertz CT molecular complexity index is 471. The minimum Gasteiger partial charge on any atom is -0.481 e. The summed E-state index contributed by atoms with van der Waals surface area (Å²) in [6.07, 6.45) is 1.23. The number of nitrogens with zero attached hydrogens (tertiary/aromatic N) is 1. The number of carbonyl (C=O) groups excluding carboxylic acids is 1. The Morgan fingerprint density at radius 1 is 1.29 bits per heavy atom. The Labute approximate surface area is 126 Å². The van der Waals surface area contributed by atoms with Crippen LogP contribution in [-0.4, -0.2) is 35.6 Å². The maximum Gasteiger partial charge on any atom is 0.317 e. The van der Waals surface area contributed by atoms with Crippen molar-refractivity contribution in [1.29, 1.82) is 0 Å². The summed E-state index contributed by atoms with van der Waals surface area (Å²) in [5.74, 6) is -1.16. The average molecular weight is 292 g/mol. The van der Waals surface area contributed by atoms with E-state index in [0.717, 1.165) is 5.56 Å². The standard InChI is InChI=1S/C16H24N2O3/c1-12-6-8-14(9-7-12)11-18(3)16(21)17-10-4-5-13(2)15(19)20/h6-9,13H,4-5,10-11H2,1-3H3,(H,17,21)(H,19,20). The Hall–Kier alpha value is -2.04. The first kappa shape index (κ1) is 17.0. The number of aliphatic carboxylic acids is 1. The van der Waals surface area contributed by atoms with Crippen molar-refractivity contribution in [2.75, 3.05) is 13.6 Å². The SMILES string of the molecule is Cc1ccc(CN(C)C(=O)NCCCC(C)C(=O)O)cc1. The van der Waals surface area contributed by atoms with Gasteiger partial charge >= 0.3 is 12.0 Å². The summed E-state index contributed by atoms with van der Waals surface area (Å²) in [6.45, 7) is 4.75. The second-order valence-corrected chi connectivity index (χ2v) is 5.46. The van der Waals surface area contributed by atoms with Gasteiger partial charge < -0.3 is 15.3 Å². The molecule has 116 valence electrons. The smallest absolute Gasteiger partial charge is 0.317 e. The van der Waals surface area contributed by atoms with E-state index in [2.05, 4.69) is 5.32 Å². The highest BCUT2D eigenvalue weighted by Crippen LogP contribution is 2.07. The van der Waals surface area contributed by atoms with Crippen LogP contribution in [0.25, 0.3) is 0 Å². The lowest BCUT2D eigenvalue weighted by molar-refractivity contribution is -0.141. The zero-order valence-corrected chi connectivity index (χ0v) is 12.9. The summed E-state index contributed by atoms with van der Waals surface area (Å²) < 4.78 is 0. The van der Waals surface area contributed by atoms with Crippen molar-refractivity contribution < 1.29 is 14.7 Å². The minimum absolute atomic E-state index is 0.140. The lowest BCUT2D eigenvalue weighted by Crippen LogP contribution is -2.37. The van der Waals surface area contributed by atoms with E-state index in [1.807, 2.05) is 31.2 Å². The first-order valence-electron chi connectivity index (χ1n) is 7.17. The Morgan fingerprint density at radius 3 is 2.48 bits per heavy atom. The molecule has 0 heterocycles. The van der Waals surface area contributed by atoms with E-state index >= 15 is 0 Å². The lowest BCUT2D eigenvalue weighted by Gasteiger charge is -2.18. The average Bonchev–Trinajstić information content (AvgIpc) is 2.45. The van der Waals surface area contributed by atoms with Gasteiger partial charge in [-0.2, -0.15) is 0 Å². The van der Waals surface area contributed by atoms with Crippen molar-refractivity contribution in [3.05, 3.63) is 35.4 Å². The second-order valence-electron chi connectivity index (χ2n) is 5.46. The molecule has 0 aliphatic carbocycles. The van der Waals surface area contributed by atoms with Crippen LogP contribution in [0.3, 0.4) is 0 Å². The van der Waals surface area contributed by atoms with Crippen LogP contribution in [0.1, 0.15) is 30.9 Å². The summed E-state index contributed by atoms with van der Waals surface area (Å²) in [6, 6.07) is 7.92. The molecule has 5 nitrogen and oxygen atoms in total. The molecule has 0 saturated carbocycles. The molecular weight excluding hydrogens is 268 g/mol. The van der Waals surface area contributed by atoms with Crippen molar-refractivity contribution in [1.82, 2.24) is 10.2 Å². The van der Waals surface area contributed by atoms with E-state index in [9.17, 15) is 9.59 Å². The number of amides is 2. The number of carboxylic acids is 1. The van der Waals surface area contributed by atoms with Gasteiger partial charge in [-0.05, 0) is 25.3 Å². The monoisotopic (exact) mass is 292 g/mol. The van der Waals surface area contributed by atoms with Gasteiger partial charge in [0, 0.05) is 20.1 Å². The number of carboxylic acid groups (broad SMARTS) is 1. The number of urea groups is 1. The molecule has 1 aromatic rings. The molecule has 0 aromatic heterocycles. The van der Waals surface area contributed by atoms with E-state index in [1.54, 1.807) is 18.9 Å². The first-order chi connectivity index (χ1) is 9.90. The molecule has 1 aromatic carbocycles. The van der Waals surface area contributed by atoms with Crippen LogP contribution in [0, 0.1) is 12.8 Å². The van der Waals surface area contributed by atoms with Gasteiger partial charge in [-0.25, -0.2) is 4.79 Å². The number of benzene rings is 1. The zero-order valence-electron chi connectivity index (χ0n) is 12.9. The Kier molecular flexibility index (Phi) is 6.72. The molecule has 1 rings (SSSR count). The summed E-state index contributed by atoms with van der Waals surface area (Å²) in [7, 11) is 1.75. The van der Waals surface area contributed by atoms with E-state index in [1.165, 1.54) is 5.56 Å². The third-order valence-electron chi connectivity index (χ3n) is 3.40. The molecule has 0 aliphatic heterocycles. The Balaban J connectivity index is 2.28. The largest absolute Gasteiger partial charge is 0.481 e. The highest BCUT2D eigenvalue weighted by molar-refractivity contribution is 5.73. The van der Waals surface area contributed by atoms with E-state index < -0.39 is 5.97 Å². The summed E-state index contributed by atoms with van der Waals surface area (Å²) in [5.41, 5.74) is 2.27. The van der Waals surface area contributed by atoms with Crippen molar-refractivity contribution in [2.45, 2.75) is 33.2 Å². The van der Waals surface area contributed by atoms with Gasteiger partial charge in [-0.3, -0.25) is 4.79 Å². The van der Waals surface area contributed by atoms with Gasteiger partial charge in [0.2, 0.25) is 0 Å². The highest BCUT2D eigenvalue weighted by Gasteiger charge is 2.11. The number of hydrogen-bond donors (Lipinski definition) is 2. The van der Waals surface area contributed by atoms with E-state index in [-0.39, 0.29) is 11.9 Å². The van der Waals surface area contributed by atoms with E-state index in [0.29, 0.717) is 25.9 Å². The lowest BCUT2D eigenvalue weighted by atomic mass is 10.1. The van der Waals surface area contributed by atoms with Crippen molar-refractivity contribution in [2.24, 2.45) is 5.92 Å². The molecule has 0 bridgehead atoms. The summed E-state index contributed by atoms with van der Waals surface area (Å²) >= 11 is 0. The predicted molar refractivity (Wildman–Crippen MR) is 82.1 cm³/mol. The number of aryl methyl sites for hydroxylation is 1. The van der Waals surface area contributed by atoms with Gasteiger partial charge in [0.15, 0.2) is 0 Å². The molecular formula is C16H24N2O3. The molecule has 0 fully saturated rings. The maximum atomic E-state index is 11.9. The molecule has 2 N–H and O–H groups in total. The number of hydrogen-bond acceptors (Lipinski definition) is 2. The van der Waals surface area contributed by atoms with Gasteiger partial charge in [0.05, 0.1) is 5.92 Å². The molecule has 0 spiro atoms. The minimum atomic E-state index is -0.794. The van der Waals surface area contributed by atoms with Crippen LogP contribution >= 0.6 is 0 Å². The highest BCUT2D eigenvalue weighted by atomic mass is 16.4. The summed E-state index contributed by atoms with van der Waals surface area (Å²) in [5, 5.41) is 11.6. The van der Waals surface area contributed by atoms with Crippen molar-refractivity contribution in [3.8, 4) is 0 Å². The fourth-order valence-corrected chi connectivity index (χ4v) is 1.90. The molecule has 5 heteroatoms. The van der Waals surface area contributed by atoms with Gasteiger partial charge in [0.25, 0.3) is 0 Å². The normalized spacial score (nSPS) is 11.8. The molecule has 21 heavy (non-hydrogen) atoms. The number of nitrogens with one attached hydrogen (secondary N) is 1.